The van der Waals surface area contributed by atoms with Crippen LogP contribution in [0.25, 0.3) is 71.7 Å². The van der Waals surface area contributed by atoms with Gasteiger partial charge in [-0.3, -0.25) is 0 Å². The van der Waals surface area contributed by atoms with Crippen LogP contribution >= 0.6 is 0 Å². The molecule has 2 aliphatic carbocycles. The molecule has 61 heavy (non-hydrogen) atoms. The average Bonchev–Trinajstić information content (AvgIpc) is 3.86. The Labute approximate surface area is 359 Å². The summed E-state index contributed by atoms with van der Waals surface area (Å²) in [5.74, 6) is 0. The van der Waals surface area contributed by atoms with Crippen LogP contribution in [0.5, 0.6) is 0 Å². The topological polar surface area (TPSA) is 21.3 Å². The number of furan rings is 1. The summed E-state index contributed by atoms with van der Waals surface area (Å²) in [6.45, 7) is 21.5. The van der Waals surface area contributed by atoms with Crippen molar-refractivity contribution in [3.05, 3.63) is 149 Å². The standard InChI is InChI=1S/C57H51BN2O/c1-54(2,3)32-18-20-33(21-19-32)60-46-30-43-42(55(4,5)26-27-56(43,6)7)28-38(46)35-22-23-37-51-45(25-24-41-50(51)36-15-10-12-16-40(36)57(41,8)9)59-47-31-49-39(34-14-11-13-17-48(34)61-49)29-44(47)58(60)52(35)53(37)59/h10-25,28-31H,26-27H2,1-9H3. The van der Waals surface area contributed by atoms with Crippen LogP contribution in [-0.4, -0.2) is 11.4 Å². The number of fused-ring (bicyclic) bond motifs is 16. The zero-order chi connectivity index (χ0) is 41.7. The molecule has 2 aromatic heterocycles. The van der Waals surface area contributed by atoms with Crippen LogP contribution in [-0.2, 0) is 21.7 Å². The van der Waals surface area contributed by atoms with Gasteiger partial charge in [0.15, 0.2) is 0 Å². The molecule has 3 nitrogen and oxygen atoms in total. The first kappa shape index (κ1) is 35.7. The second kappa shape index (κ2) is 11.3. The molecule has 0 fully saturated rings. The number of aromatic nitrogens is 1. The number of anilines is 2. The first-order valence-electron chi connectivity index (χ1n) is 22.4. The van der Waals surface area contributed by atoms with E-state index in [0.29, 0.717) is 0 Å². The number of hydrogen-bond acceptors (Lipinski definition) is 2. The molecule has 0 bridgehead atoms. The SMILES string of the molecule is CC(C)(C)c1ccc(N2B3c4cc5c(cc4-n4c6ccc7c(c6c6ccc(c3c64)-c3cc4c(cc32)C(C)(C)CCC4(C)C)-c2ccccc2C7(C)C)oc2ccccc25)cc1. The van der Waals surface area contributed by atoms with Gasteiger partial charge in [0, 0.05) is 55.7 Å². The first-order valence-corrected chi connectivity index (χ1v) is 22.4. The van der Waals surface area contributed by atoms with E-state index in [1.165, 1.54) is 118 Å². The van der Waals surface area contributed by atoms with Crippen molar-refractivity contribution in [2.45, 2.75) is 96.8 Å². The Morgan fingerprint density at radius 3 is 2.07 bits per heavy atom. The van der Waals surface area contributed by atoms with Crippen molar-refractivity contribution in [2.24, 2.45) is 0 Å². The second-order valence-corrected chi connectivity index (χ2v) is 21.6. The average molecular weight is 791 g/mol. The zero-order valence-corrected chi connectivity index (χ0v) is 36.8. The molecule has 4 aliphatic rings. The molecule has 2 aliphatic heterocycles. The molecular formula is C57H51BN2O. The highest BCUT2D eigenvalue weighted by molar-refractivity contribution is 6.94. The summed E-state index contributed by atoms with van der Waals surface area (Å²) < 4.78 is 9.35. The van der Waals surface area contributed by atoms with Gasteiger partial charge in [0.05, 0.1) is 11.0 Å². The molecule has 0 radical (unpaired) electrons. The number of rotatable bonds is 1. The molecule has 9 aromatic rings. The van der Waals surface area contributed by atoms with Crippen LogP contribution in [0.15, 0.2) is 126 Å². The molecule has 0 N–H and O–H groups in total. The summed E-state index contributed by atoms with van der Waals surface area (Å²) in [6, 6.07) is 47.1. The van der Waals surface area contributed by atoms with Crippen LogP contribution in [0.3, 0.4) is 0 Å². The number of para-hydroxylation sites is 1. The van der Waals surface area contributed by atoms with Crippen molar-refractivity contribution in [3.8, 4) is 27.9 Å². The van der Waals surface area contributed by atoms with Gasteiger partial charge in [-0.05, 0) is 121 Å². The Kier molecular flexibility index (Phi) is 6.60. The molecule has 7 aromatic carbocycles. The predicted octanol–water partition coefficient (Wildman–Crippen LogP) is 13.9. The molecule has 0 atom stereocenters. The number of hydrogen-bond donors (Lipinski definition) is 0. The Hall–Kier alpha value is -6.00. The van der Waals surface area contributed by atoms with E-state index in [0.717, 1.165) is 16.6 Å². The highest BCUT2D eigenvalue weighted by atomic mass is 16.3. The van der Waals surface area contributed by atoms with E-state index in [1.54, 1.807) is 0 Å². The molecule has 0 amide bonds. The van der Waals surface area contributed by atoms with Gasteiger partial charge in [0.25, 0.3) is 0 Å². The maximum absolute atomic E-state index is 6.74. The molecule has 0 spiro atoms. The van der Waals surface area contributed by atoms with Gasteiger partial charge in [-0.15, -0.1) is 0 Å². The summed E-state index contributed by atoms with van der Waals surface area (Å²) in [6.07, 6.45) is 2.35. The van der Waals surface area contributed by atoms with Crippen LogP contribution < -0.4 is 15.7 Å². The van der Waals surface area contributed by atoms with Crippen molar-refractivity contribution < 1.29 is 4.42 Å². The van der Waals surface area contributed by atoms with Gasteiger partial charge in [0.1, 0.15) is 11.2 Å². The Morgan fingerprint density at radius 2 is 1.30 bits per heavy atom. The largest absolute Gasteiger partial charge is 0.456 e. The zero-order valence-electron chi connectivity index (χ0n) is 36.8. The maximum atomic E-state index is 6.74. The van der Waals surface area contributed by atoms with Gasteiger partial charge in [-0.25, -0.2) is 0 Å². The van der Waals surface area contributed by atoms with Crippen molar-refractivity contribution in [3.63, 3.8) is 0 Å². The fourth-order valence-electron chi connectivity index (χ4n) is 12.4. The van der Waals surface area contributed by atoms with Gasteiger partial charge in [-0.1, -0.05) is 141 Å². The molecule has 0 saturated carbocycles. The minimum Gasteiger partial charge on any atom is -0.456 e. The van der Waals surface area contributed by atoms with Gasteiger partial charge in [0.2, 0.25) is 0 Å². The third-order valence-corrected chi connectivity index (χ3v) is 15.8. The number of nitrogens with zero attached hydrogens (tertiary/aromatic N) is 2. The van der Waals surface area contributed by atoms with Crippen molar-refractivity contribution in [2.75, 3.05) is 4.81 Å². The first-order chi connectivity index (χ1) is 29.1. The Balaban J connectivity index is 1.22. The lowest BCUT2D eigenvalue weighted by Gasteiger charge is -2.46. The minimum absolute atomic E-state index is 0.0472. The summed E-state index contributed by atoms with van der Waals surface area (Å²) in [5, 5.41) is 5.00. The third kappa shape index (κ3) is 4.46. The molecule has 4 heteroatoms. The van der Waals surface area contributed by atoms with Crippen LogP contribution in [0.2, 0.25) is 0 Å². The summed E-state index contributed by atoms with van der Waals surface area (Å²) in [5.41, 5.74) is 23.5. The van der Waals surface area contributed by atoms with E-state index in [2.05, 4.69) is 193 Å². The fraction of sp³-hybridized carbons (Fsp3) is 0.263. The molecule has 0 saturated heterocycles. The molecule has 13 rings (SSSR count). The van der Waals surface area contributed by atoms with E-state index in [4.69, 9.17) is 4.42 Å². The van der Waals surface area contributed by atoms with Crippen molar-refractivity contribution in [1.29, 1.82) is 0 Å². The predicted molar refractivity (Wildman–Crippen MR) is 259 cm³/mol. The lowest BCUT2D eigenvalue weighted by Crippen LogP contribution is -2.60. The molecule has 4 heterocycles. The normalized spacial score (nSPS) is 17.5. The van der Waals surface area contributed by atoms with Crippen molar-refractivity contribution in [1.82, 2.24) is 4.57 Å². The lowest BCUT2D eigenvalue weighted by molar-refractivity contribution is 0.332. The molecular weight excluding hydrogens is 739 g/mol. The second-order valence-electron chi connectivity index (χ2n) is 21.6. The quantitative estimate of drug-likeness (QED) is 0.154. The summed E-state index contributed by atoms with van der Waals surface area (Å²) in [4.78, 5) is 2.72. The van der Waals surface area contributed by atoms with E-state index in [9.17, 15) is 0 Å². The maximum Gasteiger partial charge on any atom is 0.333 e. The molecule has 0 unspecified atom stereocenters. The minimum atomic E-state index is -0.0988. The smallest absolute Gasteiger partial charge is 0.333 e. The van der Waals surface area contributed by atoms with E-state index in [-0.39, 0.29) is 28.5 Å². The van der Waals surface area contributed by atoms with Gasteiger partial charge in [-0.2, -0.15) is 0 Å². The monoisotopic (exact) mass is 790 g/mol. The van der Waals surface area contributed by atoms with E-state index >= 15 is 0 Å². The summed E-state index contributed by atoms with van der Waals surface area (Å²) in [7, 11) is 0. The highest BCUT2D eigenvalue weighted by Crippen LogP contribution is 2.56. The van der Waals surface area contributed by atoms with Crippen LogP contribution in [0.4, 0.5) is 11.4 Å². The summed E-state index contributed by atoms with van der Waals surface area (Å²) >= 11 is 0. The van der Waals surface area contributed by atoms with Gasteiger partial charge < -0.3 is 13.8 Å². The van der Waals surface area contributed by atoms with Crippen molar-refractivity contribution >= 4 is 72.9 Å². The lowest BCUT2D eigenvalue weighted by atomic mass is 9.43. The number of benzene rings is 7. The molecule has 298 valence electrons. The van der Waals surface area contributed by atoms with E-state index in [1.807, 2.05) is 0 Å². The highest BCUT2D eigenvalue weighted by Gasteiger charge is 2.47. The van der Waals surface area contributed by atoms with Crippen LogP contribution in [0.1, 0.15) is 103 Å². The third-order valence-electron chi connectivity index (χ3n) is 15.8. The Bertz CT molecular complexity index is 3440. The van der Waals surface area contributed by atoms with Crippen LogP contribution in [0, 0.1) is 0 Å². The van der Waals surface area contributed by atoms with E-state index < -0.39 is 0 Å². The van der Waals surface area contributed by atoms with Gasteiger partial charge >= 0.3 is 6.85 Å². The Morgan fingerprint density at radius 1 is 0.574 bits per heavy atom. The fourth-order valence-corrected chi connectivity index (χ4v) is 12.4.